The van der Waals surface area contributed by atoms with Gasteiger partial charge in [0.05, 0.1) is 19.0 Å². The first-order chi connectivity index (χ1) is 13.7. The predicted octanol–water partition coefficient (Wildman–Crippen LogP) is 4.50. The number of hydrogen-bond acceptors (Lipinski definition) is 5. The molecule has 0 aliphatic carbocycles. The molecule has 4 rings (SSSR count). The molecule has 0 spiro atoms. The SMILES string of the molecule is CN=c1scc(-c2cccc3ccccc23)n1N=Cc1ccc(O)c(OC)c1. The van der Waals surface area contributed by atoms with Crippen LogP contribution < -0.4 is 9.54 Å². The molecule has 0 saturated heterocycles. The summed E-state index contributed by atoms with van der Waals surface area (Å²) in [6.07, 6.45) is 1.73. The number of phenolic OH excluding ortho intramolecular Hbond substituents is 1. The third-order valence-electron chi connectivity index (χ3n) is 4.47. The van der Waals surface area contributed by atoms with Crippen molar-refractivity contribution in [2.24, 2.45) is 10.1 Å². The summed E-state index contributed by atoms with van der Waals surface area (Å²) in [5, 5.41) is 18.9. The zero-order valence-corrected chi connectivity index (χ0v) is 16.4. The van der Waals surface area contributed by atoms with Gasteiger partial charge >= 0.3 is 0 Å². The van der Waals surface area contributed by atoms with Gasteiger partial charge in [0.2, 0.25) is 4.80 Å². The molecule has 1 heterocycles. The van der Waals surface area contributed by atoms with Crippen molar-refractivity contribution in [1.82, 2.24) is 4.68 Å². The molecule has 0 radical (unpaired) electrons. The van der Waals surface area contributed by atoms with Crippen LogP contribution in [0.4, 0.5) is 0 Å². The fourth-order valence-corrected chi connectivity index (χ4v) is 3.89. The van der Waals surface area contributed by atoms with E-state index in [0.29, 0.717) is 5.75 Å². The summed E-state index contributed by atoms with van der Waals surface area (Å²) in [6, 6.07) is 19.7. The quantitative estimate of drug-likeness (QED) is 0.523. The van der Waals surface area contributed by atoms with Gasteiger partial charge in [-0.05, 0) is 34.5 Å². The highest BCUT2D eigenvalue weighted by molar-refractivity contribution is 7.07. The molecule has 0 fully saturated rings. The normalized spacial score (nSPS) is 12.1. The number of methoxy groups -OCH3 is 1. The molecule has 28 heavy (non-hydrogen) atoms. The highest BCUT2D eigenvalue weighted by atomic mass is 32.1. The van der Waals surface area contributed by atoms with Crippen LogP contribution in [0.2, 0.25) is 0 Å². The van der Waals surface area contributed by atoms with Crippen LogP contribution in [0.25, 0.3) is 22.0 Å². The van der Waals surface area contributed by atoms with Crippen molar-refractivity contribution in [1.29, 1.82) is 0 Å². The van der Waals surface area contributed by atoms with Gasteiger partial charge in [-0.2, -0.15) is 5.10 Å². The van der Waals surface area contributed by atoms with E-state index in [0.717, 1.165) is 21.6 Å². The maximum Gasteiger partial charge on any atom is 0.205 e. The molecule has 0 saturated carbocycles. The molecule has 3 aromatic carbocycles. The number of nitrogens with zero attached hydrogens (tertiary/aromatic N) is 3. The van der Waals surface area contributed by atoms with E-state index in [1.165, 1.54) is 17.9 Å². The summed E-state index contributed by atoms with van der Waals surface area (Å²) in [4.78, 5) is 5.16. The highest BCUT2D eigenvalue weighted by Crippen LogP contribution is 2.29. The first-order valence-electron chi connectivity index (χ1n) is 8.74. The van der Waals surface area contributed by atoms with Gasteiger partial charge in [-0.3, -0.25) is 4.99 Å². The minimum absolute atomic E-state index is 0.100. The van der Waals surface area contributed by atoms with Crippen molar-refractivity contribution in [3.63, 3.8) is 0 Å². The van der Waals surface area contributed by atoms with Crippen LogP contribution in [0.5, 0.6) is 11.5 Å². The van der Waals surface area contributed by atoms with Crippen LogP contribution in [0, 0.1) is 0 Å². The molecular weight excluding hydrogens is 370 g/mol. The van der Waals surface area contributed by atoms with Gasteiger partial charge in [0.25, 0.3) is 0 Å². The molecule has 4 aromatic rings. The molecule has 140 valence electrons. The number of benzene rings is 3. The Bertz CT molecular complexity index is 1230. The van der Waals surface area contributed by atoms with Crippen molar-refractivity contribution >= 4 is 28.3 Å². The van der Waals surface area contributed by atoms with Crippen molar-refractivity contribution in [2.75, 3.05) is 14.2 Å². The van der Waals surface area contributed by atoms with E-state index >= 15 is 0 Å². The highest BCUT2D eigenvalue weighted by Gasteiger charge is 2.10. The predicted molar refractivity (Wildman–Crippen MR) is 114 cm³/mol. The molecule has 0 aliphatic heterocycles. The molecule has 1 N–H and O–H groups in total. The third-order valence-corrected chi connectivity index (χ3v) is 5.38. The summed E-state index contributed by atoms with van der Waals surface area (Å²) in [6.45, 7) is 0. The van der Waals surface area contributed by atoms with Crippen molar-refractivity contribution in [2.45, 2.75) is 0 Å². The lowest BCUT2D eigenvalue weighted by atomic mass is 10.0. The van der Waals surface area contributed by atoms with Gasteiger partial charge in [0.15, 0.2) is 11.5 Å². The second-order valence-corrected chi connectivity index (χ2v) is 6.98. The number of aromatic hydroxyl groups is 1. The number of hydrogen-bond donors (Lipinski definition) is 1. The van der Waals surface area contributed by atoms with Gasteiger partial charge in [0.1, 0.15) is 0 Å². The molecular formula is C22H19N3O2S. The number of thiazole rings is 1. The standard InChI is InChI=1S/C22H19N3O2S/c1-23-22-25(24-13-15-10-11-20(26)21(12-15)27-2)19(14-28-22)18-9-5-7-16-6-3-4-8-17(16)18/h3-14,26H,1-2H3. The van der Waals surface area contributed by atoms with Crippen LogP contribution in [-0.4, -0.2) is 30.2 Å². The van der Waals surface area contributed by atoms with E-state index in [2.05, 4.69) is 45.8 Å². The van der Waals surface area contributed by atoms with E-state index in [1.54, 1.807) is 42.8 Å². The monoisotopic (exact) mass is 389 g/mol. The van der Waals surface area contributed by atoms with Crippen LogP contribution in [-0.2, 0) is 0 Å². The van der Waals surface area contributed by atoms with Gasteiger partial charge in [-0.25, -0.2) is 4.68 Å². The van der Waals surface area contributed by atoms with Crippen molar-refractivity contribution in [3.05, 3.63) is 76.4 Å². The van der Waals surface area contributed by atoms with E-state index < -0.39 is 0 Å². The number of ether oxygens (including phenoxy) is 1. The minimum Gasteiger partial charge on any atom is -0.504 e. The number of fused-ring (bicyclic) bond motifs is 1. The number of phenols is 1. The molecule has 0 bridgehead atoms. The first-order valence-corrected chi connectivity index (χ1v) is 9.62. The molecule has 0 aliphatic rings. The van der Waals surface area contributed by atoms with E-state index in [1.807, 2.05) is 16.8 Å². The molecule has 1 aromatic heterocycles. The Morgan fingerprint density at radius 3 is 2.71 bits per heavy atom. The average molecular weight is 389 g/mol. The van der Waals surface area contributed by atoms with Crippen LogP contribution in [0.15, 0.2) is 76.1 Å². The summed E-state index contributed by atoms with van der Waals surface area (Å²) < 4.78 is 7.01. The second-order valence-electron chi connectivity index (χ2n) is 6.14. The second kappa shape index (κ2) is 7.70. The van der Waals surface area contributed by atoms with Gasteiger partial charge in [-0.15, -0.1) is 11.3 Å². The molecule has 0 unspecified atom stereocenters. The number of rotatable bonds is 4. The van der Waals surface area contributed by atoms with Crippen molar-refractivity contribution in [3.8, 4) is 22.8 Å². The minimum atomic E-state index is 0.100. The van der Waals surface area contributed by atoms with Gasteiger partial charge in [0, 0.05) is 18.0 Å². The summed E-state index contributed by atoms with van der Waals surface area (Å²) in [5.74, 6) is 0.512. The summed E-state index contributed by atoms with van der Waals surface area (Å²) >= 11 is 1.54. The van der Waals surface area contributed by atoms with Gasteiger partial charge < -0.3 is 9.84 Å². The third kappa shape index (κ3) is 3.30. The van der Waals surface area contributed by atoms with Crippen LogP contribution in [0.1, 0.15) is 5.56 Å². The lowest BCUT2D eigenvalue weighted by Gasteiger charge is -2.08. The van der Waals surface area contributed by atoms with E-state index in [4.69, 9.17) is 4.74 Å². The molecule has 0 atom stereocenters. The Morgan fingerprint density at radius 2 is 1.89 bits per heavy atom. The summed E-state index contributed by atoms with van der Waals surface area (Å²) in [7, 11) is 3.28. The van der Waals surface area contributed by atoms with Gasteiger partial charge in [-0.1, -0.05) is 42.5 Å². The Balaban J connectivity index is 1.84. The zero-order chi connectivity index (χ0) is 19.5. The first kappa shape index (κ1) is 18.0. The smallest absolute Gasteiger partial charge is 0.205 e. The zero-order valence-electron chi connectivity index (χ0n) is 15.5. The topological polar surface area (TPSA) is 59.1 Å². The van der Waals surface area contributed by atoms with E-state index in [9.17, 15) is 5.11 Å². The maximum absolute atomic E-state index is 9.77. The fraction of sp³-hybridized carbons (Fsp3) is 0.0909. The Morgan fingerprint density at radius 1 is 1.07 bits per heavy atom. The van der Waals surface area contributed by atoms with Crippen molar-refractivity contribution < 1.29 is 9.84 Å². The van der Waals surface area contributed by atoms with Crippen LogP contribution in [0.3, 0.4) is 0 Å². The number of aromatic nitrogens is 1. The molecule has 0 amide bonds. The lowest BCUT2D eigenvalue weighted by molar-refractivity contribution is 0.373. The average Bonchev–Trinajstić information content (AvgIpc) is 3.15. The fourth-order valence-electron chi connectivity index (χ4n) is 3.10. The Labute approximate surface area is 166 Å². The molecule has 6 heteroatoms. The lowest BCUT2D eigenvalue weighted by Crippen LogP contribution is -2.11. The van der Waals surface area contributed by atoms with Crippen LogP contribution >= 0.6 is 11.3 Å². The van der Waals surface area contributed by atoms with E-state index in [-0.39, 0.29) is 5.75 Å². The largest absolute Gasteiger partial charge is 0.504 e. The Kier molecular flexibility index (Phi) is 4.95. The Hall–Kier alpha value is -3.38. The summed E-state index contributed by atoms with van der Waals surface area (Å²) in [5.41, 5.74) is 2.90. The maximum atomic E-state index is 9.77. The molecule has 5 nitrogen and oxygen atoms in total.